The lowest BCUT2D eigenvalue weighted by Crippen LogP contribution is -2.27. The standard InChI is InChI=1S/C23H30N2O4/c1-6-25(7-2)21-13-10-17(14-19(21)23(3,4)5)20(24-28)15-29-18-11-8-16(9-12-18)22(26)27/h8-14,28H,6-7,15H2,1-5H3,(H,26,27). The molecule has 0 aliphatic heterocycles. The van der Waals surface area contributed by atoms with E-state index in [0.29, 0.717) is 11.5 Å². The van der Waals surface area contributed by atoms with Crippen LogP contribution in [0.2, 0.25) is 0 Å². The molecule has 2 rings (SSSR count). The highest BCUT2D eigenvalue weighted by Crippen LogP contribution is 2.33. The van der Waals surface area contributed by atoms with Gasteiger partial charge in [0, 0.05) is 24.3 Å². The Balaban J connectivity index is 2.27. The largest absolute Gasteiger partial charge is 0.487 e. The smallest absolute Gasteiger partial charge is 0.335 e. The van der Waals surface area contributed by atoms with Gasteiger partial charge in [0.2, 0.25) is 0 Å². The first-order valence-corrected chi connectivity index (χ1v) is 9.78. The molecular weight excluding hydrogens is 368 g/mol. The molecule has 6 heteroatoms. The van der Waals surface area contributed by atoms with Crippen molar-refractivity contribution in [3.63, 3.8) is 0 Å². The monoisotopic (exact) mass is 398 g/mol. The Hall–Kier alpha value is -3.02. The van der Waals surface area contributed by atoms with Gasteiger partial charge in [-0.15, -0.1) is 0 Å². The highest BCUT2D eigenvalue weighted by molar-refractivity contribution is 6.02. The summed E-state index contributed by atoms with van der Waals surface area (Å²) in [4.78, 5) is 13.3. The predicted octanol–water partition coefficient (Wildman–Crippen LogP) is 4.79. The summed E-state index contributed by atoms with van der Waals surface area (Å²) >= 11 is 0. The number of anilines is 1. The summed E-state index contributed by atoms with van der Waals surface area (Å²) in [5, 5.41) is 22.0. The Kier molecular flexibility index (Phi) is 7.26. The maximum atomic E-state index is 10.9. The van der Waals surface area contributed by atoms with Crippen LogP contribution in [-0.2, 0) is 5.41 Å². The van der Waals surface area contributed by atoms with Gasteiger partial charge in [-0.1, -0.05) is 32.0 Å². The predicted molar refractivity (Wildman–Crippen MR) is 116 cm³/mol. The van der Waals surface area contributed by atoms with E-state index < -0.39 is 5.97 Å². The summed E-state index contributed by atoms with van der Waals surface area (Å²) in [6, 6.07) is 12.2. The van der Waals surface area contributed by atoms with Crippen LogP contribution in [0.3, 0.4) is 0 Å². The molecule has 0 bridgehead atoms. The fourth-order valence-electron chi connectivity index (χ4n) is 3.17. The lowest BCUT2D eigenvalue weighted by atomic mass is 9.84. The van der Waals surface area contributed by atoms with Gasteiger partial charge in [0.25, 0.3) is 0 Å². The molecule has 29 heavy (non-hydrogen) atoms. The van der Waals surface area contributed by atoms with Crippen molar-refractivity contribution in [3.8, 4) is 5.75 Å². The van der Waals surface area contributed by atoms with E-state index in [4.69, 9.17) is 9.84 Å². The Morgan fingerprint density at radius 2 is 1.62 bits per heavy atom. The molecule has 156 valence electrons. The number of carboxylic acid groups (broad SMARTS) is 1. The molecule has 2 N–H and O–H groups in total. The third-order valence-electron chi connectivity index (χ3n) is 4.84. The van der Waals surface area contributed by atoms with Crippen molar-refractivity contribution in [1.29, 1.82) is 0 Å². The van der Waals surface area contributed by atoms with Gasteiger partial charge >= 0.3 is 5.97 Å². The molecular formula is C23H30N2O4. The molecule has 2 aromatic rings. The number of nitrogens with zero attached hydrogens (tertiary/aromatic N) is 2. The minimum absolute atomic E-state index is 0.0666. The van der Waals surface area contributed by atoms with E-state index in [-0.39, 0.29) is 17.6 Å². The molecule has 0 atom stereocenters. The average molecular weight is 399 g/mol. The molecule has 0 radical (unpaired) electrons. The Morgan fingerprint density at radius 1 is 1.03 bits per heavy atom. The number of carboxylic acids is 1. The molecule has 6 nitrogen and oxygen atoms in total. The van der Waals surface area contributed by atoms with Crippen LogP contribution in [0.1, 0.15) is 56.1 Å². The van der Waals surface area contributed by atoms with Crippen LogP contribution >= 0.6 is 0 Å². The second kappa shape index (κ2) is 9.45. The molecule has 0 fully saturated rings. The Morgan fingerprint density at radius 3 is 2.10 bits per heavy atom. The van der Waals surface area contributed by atoms with Gasteiger partial charge in [-0.25, -0.2) is 4.79 Å². The van der Waals surface area contributed by atoms with Crippen LogP contribution in [0.25, 0.3) is 0 Å². The van der Waals surface area contributed by atoms with E-state index in [2.05, 4.69) is 56.8 Å². The van der Waals surface area contributed by atoms with Crippen molar-refractivity contribution in [2.45, 2.75) is 40.0 Å². The van der Waals surface area contributed by atoms with Crippen molar-refractivity contribution in [2.75, 3.05) is 24.6 Å². The topological polar surface area (TPSA) is 82.4 Å². The second-order valence-corrected chi connectivity index (χ2v) is 7.82. The lowest BCUT2D eigenvalue weighted by molar-refractivity contribution is 0.0697. The number of aromatic carboxylic acids is 1. The number of benzene rings is 2. The maximum Gasteiger partial charge on any atom is 0.335 e. The minimum atomic E-state index is -0.989. The fourth-order valence-corrected chi connectivity index (χ4v) is 3.17. The zero-order valence-corrected chi connectivity index (χ0v) is 17.8. The second-order valence-electron chi connectivity index (χ2n) is 7.82. The Labute approximate surface area is 172 Å². The van der Waals surface area contributed by atoms with E-state index in [1.807, 2.05) is 6.07 Å². The third kappa shape index (κ3) is 5.50. The maximum absolute atomic E-state index is 10.9. The van der Waals surface area contributed by atoms with Gasteiger partial charge in [-0.05, 0) is 61.2 Å². The highest BCUT2D eigenvalue weighted by atomic mass is 16.5. The summed E-state index contributed by atoms with van der Waals surface area (Å²) < 4.78 is 5.70. The Bertz CT molecular complexity index is 863. The fraction of sp³-hybridized carbons (Fsp3) is 0.391. The van der Waals surface area contributed by atoms with Crippen LogP contribution in [0.5, 0.6) is 5.75 Å². The molecule has 0 unspecified atom stereocenters. The molecule has 0 heterocycles. The van der Waals surface area contributed by atoms with Crippen molar-refractivity contribution in [3.05, 3.63) is 59.2 Å². The molecule has 0 spiro atoms. The number of oxime groups is 1. The number of ether oxygens (including phenoxy) is 1. The van der Waals surface area contributed by atoms with Gasteiger partial charge in [0.05, 0.1) is 5.56 Å². The first-order valence-electron chi connectivity index (χ1n) is 9.78. The summed E-state index contributed by atoms with van der Waals surface area (Å²) in [7, 11) is 0. The molecule has 0 saturated heterocycles. The van der Waals surface area contributed by atoms with Crippen LogP contribution < -0.4 is 9.64 Å². The quantitative estimate of drug-likeness (QED) is 0.380. The first-order chi connectivity index (χ1) is 13.7. The van der Waals surface area contributed by atoms with Gasteiger partial charge in [0.15, 0.2) is 0 Å². The SMILES string of the molecule is CCN(CC)c1ccc(C(COc2ccc(C(=O)O)cc2)=NO)cc1C(C)(C)C. The number of hydrogen-bond acceptors (Lipinski definition) is 5. The van der Waals surface area contributed by atoms with Crippen LogP contribution in [0.4, 0.5) is 5.69 Å². The highest BCUT2D eigenvalue weighted by Gasteiger charge is 2.22. The number of rotatable bonds is 8. The molecule has 0 amide bonds. The van der Waals surface area contributed by atoms with Crippen molar-refractivity contribution >= 4 is 17.4 Å². The minimum Gasteiger partial charge on any atom is -0.487 e. The summed E-state index contributed by atoms with van der Waals surface area (Å²) in [6.45, 7) is 12.6. The zero-order valence-electron chi connectivity index (χ0n) is 17.8. The van der Waals surface area contributed by atoms with Gasteiger partial charge in [-0.3, -0.25) is 0 Å². The van der Waals surface area contributed by atoms with Gasteiger partial charge in [0.1, 0.15) is 18.1 Å². The molecule has 0 saturated carbocycles. The summed E-state index contributed by atoms with van der Waals surface area (Å²) in [5.74, 6) is -0.482. The third-order valence-corrected chi connectivity index (χ3v) is 4.84. The molecule has 2 aromatic carbocycles. The van der Waals surface area contributed by atoms with E-state index in [9.17, 15) is 10.0 Å². The van der Waals surface area contributed by atoms with E-state index >= 15 is 0 Å². The molecule has 0 aromatic heterocycles. The summed E-state index contributed by atoms with van der Waals surface area (Å²) in [5.41, 5.74) is 3.65. The average Bonchev–Trinajstić information content (AvgIpc) is 2.69. The summed E-state index contributed by atoms with van der Waals surface area (Å²) in [6.07, 6.45) is 0. The van der Waals surface area contributed by atoms with E-state index in [0.717, 1.165) is 18.7 Å². The van der Waals surface area contributed by atoms with Crippen LogP contribution in [0.15, 0.2) is 47.6 Å². The van der Waals surface area contributed by atoms with Crippen molar-refractivity contribution in [2.24, 2.45) is 5.16 Å². The number of carbonyl (C=O) groups is 1. The van der Waals surface area contributed by atoms with Crippen LogP contribution in [0, 0.1) is 0 Å². The zero-order chi connectivity index (χ0) is 21.6. The van der Waals surface area contributed by atoms with Crippen molar-refractivity contribution < 1.29 is 19.8 Å². The first kappa shape index (κ1) is 22.3. The lowest BCUT2D eigenvalue weighted by Gasteiger charge is -2.30. The van der Waals surface area contributed by atoms with Crippen LogP contribution in [-0.4, -0.2) is 41.7 Å². The van der Waals surface area contributed by atoms with E-state index in [1.165, 1.54) is 23.4 Å². The molecule has 0 aliphatic rings. The molecule has 0 aliphatic carbocycles. The van der Waals surface area contributed by atoms with Gasteiger partial charge < -0.3 is 20.0 Å². The van der Waals surface area contributed by atoms with Crippen molar-refractivity contribution in [1.82, 2.24) is 0 Å². The normalized spacial score (nSPS) is 12.0. The van der Waals surface area contributed by atoms with E-state index in [1.54, 1.807) is 12.1 Å². The van der Waals surface area contributed by atoms with Gasteiger partial charge in [-0.2, -0.15) is 0 Å². The number of hydrogen-bond donors (Lipinski definition) is 2.